The van der Waals surface area contributed by atoms with Crippen molar-refractivity contribution >= 4 is 17.5 Å². The fraction of sp³-hybridized carbons (Fsp3) is 0.300. The normalized spacial score (nSPS) is 17.5. The van der Waals surface area contributed by atoms with Crippen LogP contribution in [-0.2, 0) is 9.59 Å². The first-order valence-corrected chi connectivity index (χ1v) is 8.64. The lowest BCUT2D eigenvalue weighted by molar-refractivity contribution is -0.128. The molecule has 1 aliphatic heterocycles. The summed E-state index contributed by atoms with van der Waals surface area (Å²) in [6, 6.07) is 12.7. The molecule has 2 aromatic carbocycles. The monoisotopic (exact) mass is 372 g/mol. The standard InChI is InChI=1S/C20H21FN2O4/c1-13(27-18-9-4-3-8-17(18)21)20(25)22-14-10-19(24)23(12-14)15-6-5-7-16(11-15)26-2/h3-9,11,13-14H,10,12H2,1-2H3,(H,22,25)/t13-,14+/m1/s1. The molecule has 1 N–H and O–H groups in total. The van der Waals surface area contributed by atoms with Gasteiger partial charge < -0.3 is 19.7 Å². The Labute approximate surface area is 156 Å². The van der Waals surface area contributed by atoms with Crippen LogP contribution in [0.1, 0.15) is 13.3 Å². The molecule has 2 aromatic rings. The van der Waals surface area contributed by atoms with Crippen molar-refractivity contribution in [1.82, 2.24) is 5.32 Å². The van der Waals surface area contributed by atoms with E-state index in [1.807, 2.05) is 6.07 Å². The molecule has 7 heteroatoms. The molecular formula is C20H21FN2O4. The SMILES string of the molecule is COc1cccc(N2C[C@@H](NC(=O)[C@@H](C)Oc3ccccc3F)CC2=O)c1. The maximum absolute atomic E-state index is 13.7. The van der Waals surface area contributed by atoms with Gasteiger partial charge in [0, 0.05) is 24.7 Å². The van der Waals surface area contributed by atoms with Crippen molar-refractivity contribution in [3.05, 3.63) is 54.3 Å². The fourth-order valence-corrected chi connectivity index (χ4v) is 2.94. The molecular weight excluding hydrogens is 351 g/mol. The number of hydrogen-bond donors (Lipinski definition) is 1. The van der Waals surface area contributed by atoms with Crippen LogP contribution in [0.2, 0.25) is 0 Å². The summed E-state index contributed by atoms with van der Waals surface area (Å²) in [6.45, 7) is 1.89. The number of amides is 2. The summed E-state index contributed by atoms with van der Waals surface area (Å²) < 4.78 is 24.2. The molecule has 0 bridgehead atoms. The number of nitrogens with one attached hydrogen (secondary N) is 1. The van der Waals surface area contributed by atoms with Crippen LogP contribution < -0.4 is 19.7 Å². The van der Waals surface area contributed by atoms with Crippen LogP contribution in [0.5, 0.6) is 11.5 Å². The van der Waals surface area contributed by atoms with Crippen LogP contribution in [-0.4, -0.2) is 37.6 Å². The quantitative estimate of drug-likeness (QED) is 0.846. The molecule has 3 rings (SSSR count). The molecule has 142 valence electrons. The first-order valence-electron chi connectivity index (χ1n) is 8.64. The van der Waals surface area contributed by atoms with Crippen molar-refractivity contribution in [2.24, 2.45) is 0 Å². The number of anilines is 1. The molecule has 2 atom stereocenters. The van der Waals surface area contributed by atoms with Crippen molar-refractivity contribution in [3.8, 4) is 11.5 Å². The lowest BCUT2D eigenvalue weighted by Crippen LogP contribution is -2.43. The minimum absolute atomic E-state index is 0.0145. The van der Waals surface area contributed by atoms with Gasteiger partial charge in [-0.3, -0.25) is 9.59 Å². The van der Waals surface area contributed by atoms with Gasteiger partial charge in [0.1, 0.15) is 5.75 Å². The van der Waals surface area contributed by atoms with Crippen molar-refractivity contribution < 1.29 is 23.5 Å². The van der Waals surface area contributed by atoms with Crippen LogP contribution in [0.3, 0.4) is 0 Å². The highest BCUT2D eigenvalue weighted by Gasteiger charge is 2.33. The van der Waals surface area contributed by atoms with Gasteiger partial charge in [-0.05, 0) is 31.2 Å². The average Bonchev–Trinajstić information content (AvgIpc) is 3.03. The van der Waals surface area contributed by atoms with E-state index in [9.17, 15) is 14.0 Å². The third kappa shape index (κ3) is 4.36. The smallest absolute Gasteiger partial charge is 0.261 e. The molecule has 0 saturated carbocycles. The van der Waals surface area contributed by atoms with Gasteiger partial charge in [-0.1, -0.05) is 18.2 Å². The Kier molecular flexibility index (Phi) is 5.59. The summed E-state index contributed by atoms with van der Waals surface area (Å²) in [5, 5.41) is 2.80. The number of hydrogen-bond acceptors (Lipinski definition) is 4. The molecule has 0 aromatic heterocycles. The number of carbonyl (C=O) groups excluding carboxylic acids is 2. The van der Waals surface area contributed by atoms with Gasteiger partial charge in [0.15, 0.2) is 17.7 Å². The summed E-state index contributed by atoms with van der Waals surface area (Å²) >= 11 is 0. The highest BCUT2D eigenvalue weighted by molar-refractivity contribution is 5.97. The largest absolute Gasteiger partial charge is 0.497 e. The molecule has 6 nitrogen and oxygen atoms in total. The lowest BCUT2D eigenvalue weighted by atomic mass is 10.2. The third-order valence-electron chi connectivity index (χ3n) is 4.35. The van der Waals surface area contributed by atoms with Crippen LogP contribution in [0.25, 0.3) is 0 Å². The summed E-state index contributed by atoms with van der Waals surface area (Å²) in [7, 11) is 1.56. The van der Waals surface area contributed by atoms with Crippen molar-refractivity contribution in [3.63, 3.8) is 0 Å². The van der Waals surface area contributed by atoms with Gasteiger partial charge in [0.2, 0.25) is 5.91 Å². The topological polar surface area (TPSA) is 67.9 Å². The second kappa shape index (κ2) is 8.07. The van der Waals surface area contributed by atoms with Gasteiger partial charge in [0.25, 0.3) is 5.91 Å². The van der Waals surface area contributed by atoms with Crippen LogP contribution in [0.4, 0.5) is 10.1 Å². The van der Waals surface area contributed by atoms with E-state index in [2.05, 4.69) is 5.32 Å². The summed E-state index contributed by atoms with van der Waals surface area (Å²) in [5.41, 5.74) is 0.715. The number of ether oxygens (including phenoxy) is 2. The molecule has 1 fully saturated rings. The van der Waals surface area contributed by atoms with Gasteiger partial charge in [0.05, 0.1) is 13.2 Å². The van der Waals surface area contributed by atoms with Gasteiger partial charge >= 0.3 is 0 Å². The van der Waals surface area contributed by atoms with Crippen molar-refractivity contribution in [2.75, 3.05) is 18.6 Å². The Hall–Kier alpha value is -3.09. The minimum Gasteiger partial charge on any atom is -0.497 e. The van der Waals surface area contributed by atoms with E-state index in [0.29, 0.717) is 18.0 Å². The first kappa shape index (κ1) is 18.7. The zero-order chi connectivity index (χ0) is 19.4. The number of carbonyl (C=O) groups is 2. The summed E-state index contributed by atoms with van der Waals surface area (Å²) in [5.74, 6) is -0.350. The van der Waals surface area contributed by atoms with Crippen LogP contribution in [0.15, 0.2) is 48.5 Å². The molecule has 0 unspecified atom stereocenters. The van der Waals surface area contributed by atoms with E-state index in [1.165, 1.54) is 12.1 Å². The zero-order valence-corrected chi connectivity index (χ0v) is 15.1. The van der Waals surface area contributed by atoms with Crippen molar-refractivity contribution in [2.45, 2.75) is 25.5 Å². The lowest BCUT2D eigenvalue weighted by Gasteiger charge is -2.20. The molecule has 2 amide bonds. The van der Waals surface area contributed by atoms with Crippen LogP contribution >= 0.6 is 0 Å². The minimum atomic E-state index is -0.886. The highest BCUT2D eigenvalue weighted by Crippen LogP contribution is 2.25. The number of halogens is 1. The Morgan fingerprint density at radius 2 is 2.04 bits per heavy atom. The fourth-order valence-electron chi connectivity index (χ4n) is 2.94. The molecule has 0 spiro atoms. The van der Waals surface area contributed by atoms with E-state index in [0.717, 1.165) is 0 Å². The molecule has 0 radical (unpaired) electrons. The maximum atomic E-state index is 13.7. The number of benzene rings is 2. The summed E-state index contributed by atoms with van der Waals surface area (Å²) in [4.78, 5) is 26.3. The number of para-hydroxylation sites is 1. The number of methoxy groups -OCH3 is 1. The third-order valence-corrected chi connectivity index (χ3v) is 4.35. The molecule has 0 aliphatic carbocycles. The van der Waals surface area contributed by atoms with E-state index < -0.39 is 17.8 Å². The average molecular weight is 372 g/mol. The predicted octanol–water partition coefficient (Wildman–Crippen LogP) is 2.52. The second-order valence-corrected chi connectivity index (χ2v) is 6.31. The Balaban J connectivity index is 1.60. The predicted molar refractivity (Wildman–Crippen MR) is 98.4 cm³/mol. The molecule has 1 aliphatic rings. The molecule has 1 saturated heterocycles. The van der Waals surface area contributed by atoms with E-state index in [-0.39, 0.29) is 24.1 Å². The maximum Gasteiger partial charge on any atom is 0.261 e. The Bertz CT molecular complexity index is 842. The highest BCUT2D eigenvalue weighted by atomic mass is 19.1. The first-order chi connectivity index (χ1) is 13.0. The van der Waals surface area contributed by atoms with Gasteiger partial charge in [-0.15, -0.1) is 0 Å². The van der Waals surface area contributed by atoms with Gasteiger partial charge in [-0.25, -0.2) is 4.39 Å². The van der Waals surface area contributed by atoms with Crippen LogP contribution in [0, 0.1) is 5.82 Å². The second-order valence-electron chi connectivity index (χ2n) is 6.31. The molecule has 27 heavy (non-hydrogen) atoms. The van der Waals surface area contributed by atoms with E-state index >= 15 is 0 Å². The number of rotatable bonds is 6. The van der Waals surface area contributed by atoms with E-state index in [4.69, 9.17) is 9.47 Å². The van der Waals surface area contributed by atoms with Gasteiger partial charge in [-0.2, -0.15) is 0 Å². The van der Waals surface area contributed by atoms with E-state index in [1.54, 1.807) is 49.3 Å². The molecule has 1 heterocycles. The van der Waals surface area contributed by atoms with Crippen molar-refractivity contribution in [1.29, 1.82) is 0 Å². The Morgan fingerprint density at radius 3 is 2.78 bits per heavy atom. The Morgan fingerprint density at radius 1 is 1.26 bits per heavy atom. The summed E-state index contributed by atoms with van der Waals surface area (Å²) in [6.07, 6.45) is -0.696. The zero-order valence-electron chi connectivity index (χ0n) is 15.1. The number of nitrogens with zero attached hydrogens (tertiary/aromatic N) is 1.